The van der Waals surface area contributed by atoms with E-state index in [-0.39, 0.29) is 5.37 Å². The lowest BCUT2D eigenvalue weighted by molar-refractivity contribution is 1.04. The first kappa shape index (κ1) is 6.42. The Morgan fingerprint density at radius 3 is 2.75 bits per heavy atom. The highest BCUT2D eigenvalue weighted by Gasteiger charge is 2.12. The van der Waals surface area contributed by atoms with E-state index in [4.69, 9.17) is 0 Å². The van der Waals surface area contributed by atoms with Gasteiger partial charge in [-0.3, -0.25) is 0 Å². The van der Waals surface area contributed by atoms with Gasteiger partial charge in [-0.05, 0) is 0 Å². The third-order valence-corrected chi connectivity index (χ3v) is 3.51. The van der Waals surface area contributed by atoms with Gasteiger partial charge in [-0.1, -0.05) is 5.18 Å². The van der Waals surface area contributed by atoms with Crippen molar-refractivity contribution in [2.24, 2.45) is 5.18 Å². The van der Waals surface area contributed by atoms with E-state index in [0.29, 0.717) is 0 Å². The van der Waals surface area contributed by atoms with Gasteiger partial charge < -0.3 is 0 Å². The lowest BCUT2D eigenvalue weighted by Crippen LogP contribution is -2.09. The minimum absolute atomic E-state index is 0.0359. The molecule has 0 aromatic rings. The highest BCUT2D eigenvalue weighted by atomic mass is 32.2. The molecular formula is C4H7NOS2. The summed E-state index contributed by atoms with van der Waals surface area (Å²) in [7, 11) is 0. The number of nitroso groups, excluding NO2 is 1. The Labute approximate surface area is 56.8 Å². The van der Waals surface area contributed by atoms with Gasteiger partial charge in [0.05, 0.1) is 0 Å². The number of nitrogens with zero attached hydrogens (tertiary/aromatic N) is 1. The highest BCUT2D eigenvalue weighted by molar-refractivity contribution is 8.06. The zero-order valence-corrected chi connectivity index (χ0v) is 6.00. The van der Waals surface area contributed by atoms with Crippen molar-refractivity contribution in [3.8, 4) is 0 Å². The summed E-state index contributed by atoms with van der Waals surface area (Å²) >= 11 is 3.48. The number of hydrogen-bond donors (Lipinski definition) is 0. The van der Waals surface area contributed by atoms with Crippen LogP contribution >= 0.6 is 23.5 Å². The largest absolute Gasteiger partial charge is 0.158 e. The molecule has 0 N–H and O–H groups in total. The first-order valence-corrected chi connectivity index (χ1v) is 4.65. The molecule has 0 amide bonds. The van der Waals surface area contributed by atoms with Crippen molar-refractivity contribution in [2.75, 3.05) is 17.3 Å². The molecule has 1 unspecified atom stereocenters. The molecule has 2 nitrogen and oxygen atoms in total. The maximum atomic E-state index is 9.88. The van der Waals surface area contributed by atoms with Gasteiger partial charge >= 0.3 is 0 Å². The molecule has 8 heavy (non-hydrogen) atoms. The van der Waals surface area contributed by atoms with E-state index in [9.17, 15) is 4.91 Å². The molecule has 0 aromatic carbocycles. The summed E-state index contributed by atoms with van der Waals surface area (Å²) in [6.45, 7) is 0. The van der Waals surface area contributed by atoms with Gasteiger partial charge in [-0.25, -0.2) is 0 Å². The van der Waals surface area contributed by atoms with Crippen molar-refractivity contribution in [1.82, 2.24) is 0 Å². The zero-order valence-electron chi connectivity index (χ0n) is 4.37. The Morgan fingerprint density at radius 1 is 1.50 bits per heavy atom. The van der Waals surface area contributed by atoms with Crippen LogP contribution in [0.4, 0.5) is 0 Å². The summed E-state index contributed by atoms with van der Waals surface area (Å²) in [5.74, 6) is 3.17. The second-order valence-corrected chi connectivity index (χ2v) is 3.94. The van der Waals surface area contributed by atoms with Gasteiger partial charge in [0.1, 0.15) is 5.37 Å². The molecule has 0 bridgehead atoms. The van der Waals surface area contributed by atoms with Crippen LogP contribution in [-0.4, -0.2) is 22.6 Å². The predicted octanol–water partition coefficient (Wildman–Crippen LogP) is 1.56. The van der Waals surface area contributed by atoms with E-state index >= 15 is 0 Å². The van der Waals surface area contributed by atoms with Crippen molar-refractivity contribution in [2.45, 2.75) is 5.37 Å². The third kappa shape index (κ3) is 1.67. The molecule has 0 aliphatic carbocycles. The summed E-state index contributed by atoms with van der Waals surface area (Å²) < 4.78 is 0. The van der Waals surface area contributed by atoms with Crippen molar-refractivity contribution in [3.63, 3.8) is 0 Å². The molecule has 1 atom stereocenters. The molecule has 1 rings (SSSR count). The summed E-state index contributed by atoms with van der Waals surface area (Å²) in [4.78, 5) is 9.88. The maximum Gasteiger partial charge on any atom is 0.146 e. The van der Waals surface area contributed by atoms with Gasteiger partial charge in [-0.2, -0.15) is 11.8 Å². The Morgan fingerprint density at radius 2 is 2.38 bits per heavy atom. The van der Waals surface area contributed by atoms with E-state index in [1.807, 2.05) is 11.8 Å². The Balaban J connectivity index is 2.22. The lowest BCUT2D eigenvalue weighted by atomic mass is 10.8. The quantitative estimate of drug-likeness (QED) is 0.530. The van der Waals surface area contributed by atoms with Crippen LogP contribution < -0.4 is 0 Å². The van der Waals surface area contributed by atoms with Gasteiger partial charge in [-0.15, -0.1) is 16.7 Å². The van der Waals surface area contributed by atoms with Crippen LogP contribution in [0.2, 0.25) is 0 Å². The Bertz CT molecular complexity index is 82.1. The van der Waals surface area contributed by atoms with Crippen molar-refractivity contribution in [3.05, 3.63) is 4.91 Å². The topological polar surface area (TPSA) is 29.4 Å². The Kier molecular flexibility index (Phi) is 2.69. The van der Waals surface area contributed by atoms with Crippen LogP contribution in [0.25, 0.3) is 0 Å². The van der Waals surface area contributed by atoms with E-state index in [1.54, 1.807) is 11.8 Å². The van der Waals surface area contributed by atoms with Crippen molar-refractivity contribution >= 4 is 23.5 Å². The zero-order chi connectivity index (χ0) is 5.82. The fourth-order valence-electron chi connectivity index (χ4n) is 0.536. The summed E-state index contributed by atoms with van der Waals surface area (Å²) in [6.07, 6.45) is 0. The van der Waals surface area contributed by atoms with Gasteiger partial charge in [0.2, 0.25) is 0 Å². The molecule has 0 saturated carbocycles. The average molecular weight is 149 g/mol. The second-order valence-electron chi connectivity index (χ2n) is 1.51. The molecule has 0 spiro atoms. The molecule has 1 saturated heterocycles. The summed E-state index contributed by atoms with van der Waals surface area (Å²) in [6, 6.07) is 0. The van der Waals surface area contributed by atoms with Crippen LogP contribution in [0.3, 0.4) is 0 Å². The van der Waals surface area contributed by atoms with E-state index in [1.165, 1.54) is 5.75 Å². The minimum atomic E-state index is 0.0359. The third-order valence-electron chi connectivity index (χ3n) is 0.916. The highest BCUT2D eigenvalue weighted by Crippen LogP contribution is 2.23. The molecule has 1 aliphatic heterocycles. The fraction of sp³-hybridized carbons (Fsp3) is 1.00. The smallest absolute Gasteiger partial charge is 0.146 e. The Hall–Kier alpha value is 0.300. The van der Waals surface area contributed by atoms with Crippen LogP contribution in [0.15, 0.2) is 5.18 Å². The first-order chi connectivity index (χ1) is 3.93. The first-order valence-electron chi connectivity index (χ1n) is 2.45. The molecule has 1 heterocycles. The fourth-order valence-corrected chi connectivity index (χ4v) is 2.83. The number of thioether (sulfide) groups is 2. The molecule has 1 aliphatic rings. The maximum absolute atomic E-state index is 9.88. The van der Waals surface area contributed by atoms with Crippen molar-refractivity contribution < 1.29 is 0 Å². The lowest BCUT2D eigenvalue weighted by Gasteiger charge is -2.12. The normalized spacial score (nSPS) is 29.8. The monoisotopic (exact) mass is 149 g/mol. The van der Waals surface area contributed by atoms with Crippen molar-refractivity contribution in [1.29, 1.82) is 0 Å². The van der Waals surface area contributed by atoms with Gasteiger partial charge in [0.15, 0.2) is 0 Å². The molecule has 0 aromatic heterocycles. The van der Waals surface area contributed by atoms with E-state index in [2.05, 4.69) is 5.18 Å². The minimum Gasteiger partial charge on any atom is -0.158 e. The summed E-state index contributed by atoms with van der Waals surface area (Å²) in [5.41, 5.74) is 0. The molecule has 1 fully saturated rings. The molecule has 46 valence electrons. The molecule has 0 radical (unpaired) electrons. The standard InChI is InChI=1S/C4H7NOS2/c6-5-4-3-7-1-2-8-4/h4H,1-3H2. The second kappa shape index (κ2) is 3.35. The number of hydrogen-bond acceptors (Lipinski definition) is 4. The van der Waals surface area contributed by atoms with E-state index < -0.39 is 0 Å². The average Bonchev–Trinajstić information content (AvgIpc) is 1.90. The van der Waals surface area contributed by atoms with Crippen LogP contribution in [-0.2, 0) is 0 Å². The van der Waals surface area contributed by atoms with Crippen LogP contribution in [0.5, 0.6) is 0 Å². The van der Waals surface area contributed by atoms with Crippen LogP contribution in [0.1, 0.15) is 0 Å². The molecule has 4 heteroatoms. The SMILES string of the molecule is O=NC1CSCCS1. The number of rotatable bonds is 1. The molecular weight excluding hydrogens is 142 g/mol. The van der Waals surface area contributed by atoms with Gasteiger partial charge in [0.25, 0.3) is 0 Å². The van der Waals surface area contributed by atoms with E-state index in [0.717, 1.165) is 11.5 Å². The predicted molar refractivity (Wildman–Crippen MR) is 39.4 cm³/mol. The van der Waals surface area contributed by atoms with Crippen LogP contribution in [0, 0.1) is 4.91 Å². The van der Waals surface area contributed by atoms with Gasteiger partial charge in [0, 0.05) is 17.3 Å². The summed E-state index contributed by atoms with van der Waals surface area (Å²) in [5, 5.41) is 2.98.